The number of carbonyl (C=O) groups is 2. The Hall–Kier alpha value is -2.94. The van der Waals surface area contributed by atoms with Crippen LogP contribution in [0.5, 0.6) is 11.5 Å². The van der Waals surface area contributed by atoms with E-state index < -0.39 is 5.97 Å². The molecule has 2 aliphatic rings. The van der Waals surface area contributed by atoms with E-state index in [1.165, 1.54) is 12.5 Å². The number of carbonyl (C=O) groups excluding carboxylic acids is 2. The molecule has 2 heterocycles. The molecule has 7 nitrogen and oxygen atoms in total. The van der Waals surface area contributed by atoms with Gasteiger partial charge in [-0.25, -0.2) is 0 Å². The predicted octanol–water partition coefficient (Wildman–Crippen LogP) is 3.41. The maximum absolute atomic E-state index is 11.9. The number of halogens is 2. The van der Waals surface area contributed by atoms with Crippen LogP contribution in [0.25, 0.3) is 6.08 Å². The SMILES string of the molecule is Cc1ccc(Cl)c(Nc2ccccc2C(=O)[O-])c1Cl.O=C(C=CC=Cc1ccc2c(c1)OCO2)N1CCCCC1.[Na+]. The smallest absolute Gasteiger partial charge is 0.545 e. The zero-order chi connectivity index (χ0) is 28.5. The first-order valence-corrected chi connectivity index (χ1v) is 13.6. The maximum atomic E-state index is 11.9. The van der Waals surface area contributed by atoms with Gasteiger partial charge in [-0.2, -0.15) is 0 Å². The second kappa shape index (κ2) is 15.9. The van der Waals surface area contributed by atoms with E-state index in [0.717, 1.165) is 48.6 Å². The fourth-order valence-electron chi connectivity index (χ4n) is 4.22. The summed E-state index contributed by atoms with van der Waals surface area (Å²) in [5.41, 5.74) is 2.79. The molecule has 0 radical (unpaired) electrons. The topological polar surface area (TPSA) is 90.9 Å². The van der Waals surface area contributed by atoms with Gasteiger partial charge in [0, 0.05) is 30.4 Å². The molecule has 1 N–H and O–H groups in total. The number of anilines is 2. The van der Waals surface area contributed by atoms with Gasteiger partial charge in [-0.1, -0.05) is 71.8 Å². The van der Waals surface area contributed by atoms with Crippen LogP contribution in [0.3, 0.4) is 0 Å². The molecule has 1 amide bonds. The second-order valence-electron chi connectivity index (χ2n) is 9.23. The fourth-order valence-corrected chi connectivity index (χ4v) is 4.68. The molecule has 2 aliphatic heterocycles. The first-order valence-electron chi connectivity index (χ1n) is 12.9. The van der Waals surface area contributed by atoms with Crippen LogP contribution in [0.15, 0.2) is 72.8 Å². The van der Waals surface area contributed by atoms with Crippen LogP contribution in [0.4, 0.5) is 11.4 Å². The zero-order valence-electron chi connectivity index (χ0n) is 23.0. The Kier molecular flexibility index (Phi) is 12.6. The molecular formula is C31H29Cl2N2NaO5. The second-order valence-corrected chi connectivity index (χ2v) is 10.0. The van der Waals surface area contributed by atoms with Crippen molar-refractivity contribution in [2.24, 2.45) is 0 Å². The number of hydrogen-bond acceptors (Lipinski definition) is 6. The minimum Gasteiger partial charge on any atom is -0.545 e. The number of hydrogen-bond donors (Lipinski definition) is 1. The van der Waals surface area contributed by atoms with Gasteiger partial charge in [0.25, 0.3) is 0 Å². The van der Waals surface area contributed by atoms with Gasteiger partial charge in [-0.15, -0.1) is 0 Å². The molecule has 0 aromatic heterocycles. The van der Waals surface area contributed by atoms with Crippen LogP contribution >= 0.6 is 23.2 Å². The van der Waals surface area contributed by atoms with Gasteiger partial charge in [0.05, 0.1) is 21.7 Å². The largest absolute Gasteiger partial charge is 1.00 e. The molecule has 10 heteroatoms. The number of rotatable bonds is 6. The number of allylic oxidation sites excluding steroid dienone is 2. The molecule has 0 saturated carbocycles. The van der Waals surface area contributed by atoms with Gasteiger partial charge in [0.1, 0.15) is 0 Å². The van der Waals surface area contributed by atoms with Crippen LogP contribution in [0, 0.1) is 6.92 Å². The summed E-state index contributed by atoms with van der Waals surface area (Å²) in [4.78, 5) is 24.9. The van der Waals surface area contributed by atoms with E-state index in [1.54, 1.807) is 42.5 Å². The number of piperidine rings is 1. The molecule has 3 aromatic rings. The van der Waals surface area contributed by atoms with E-state index in [-0.39, 0.29) is 47.8 Å². The molecule has 208 valence electrons. The Morgan fingerprint density at radius 1 is 0.951 bits per heavy atom. The maximum Gasteiger partial charge on any atom is 1.00 e. The van der Waals surface area contributed by atoms with Crippen LogP contribution in [0.1, 0.15) is 40.7 Å². The van der Waals surface area contributed by atoms with Crippen LogP contribution in [-0.4, -0.2) is 36.7 Å². The number of para-hydroxylation sites is 1. The van der Waals surface area contributed by atoms with E-state index >= 15 is 0 Å². The van der Waals surface area contributed by atoms with E-state index in [1.807, 2.05) is 42.2 Å². The normalized spacial score (nSPS) is 13.9. The van der Waals surface area contributed by atoms with Crippen molar-refractivity contribution in [1.82, 2.24) is 4.90 Å². The van der Waals surface area contributed by atoms with Crippen molar-refractivity contribution >= 4 is 52.5 Å². The zero-order valence-corrected chi connectivity index (χ0v) is 26.5. The summed E-state index contributed by atoms with van der Waals surface area (Å²) in [6.45, 7) is 3.89. The van der Waals surface area contributed by atoms with Crippen molar-refractivity contribution in [2.75, 3.05) is 25.2 Å². The number of aryl methyl sites for hydroxylation is 1. The summed E-state index contributed by atoms with van der Waals surface area (Å²) in [5.74, 6) is 0.390. The average molecular weight is 603 g/mol. The number of fused-ring (bicyclic) bond motifs is 1. The molecule has 1 saturated heterocycles. The number of carboxylic acid groups (broad SMARTS) is 1. The van der Waals surface area contributed by atoms with Crippen LogP contribution in [0.2, 0.25) is 10.0 Å². The number of carboxylic acids is 1. The molecule has 0 bridgehead atoms. The Morgan fingerprint density at radius 3 is 2.44 bits per heavy atom. The Bertz CT molecular complexity index is 1440. The average Bonchev–Trinajstić information content (AvgIpc) is 3.44. The third-order valence-electron chi connectivity index (χ3n) is 6.39. The Labute approximate surface area is 272 Å². The van der Waals surface area contributed by atoms with Gasteiger partial charge in [-0.3, -0.25) is 4.79 Å². The monoisotopic (exact) mass is 602 g/mol. The Balaban J connectivity index is 0.000000221. The van der Waals surface area contributed by atoms with E-state index in [4.69, 9.17) is 32.7 Å². The number of nitrogens with one attached hydrogen (secondary N) is 1. The molecular weight excluding hydrogens is 574 g/mol. The number of ether oxygens (including phenoxy) is 2. The summed E-state index contributed by atoms with van der Waals surface area (Å²) in [6.07, 6.45) is 10.7. The standard InChI is InChI=1S/C17H19NO3.C14H11Cl2NO2.Na/c19-17(18-10-4-1-5-11-18)7-3-2-6-14-8-9-15-16(12-14)21-13-20-15;1-8-6-7-10(15)13(12(8)16)17-11-5-3-2-4-9(11)14(18)19;/h2-3,6-9,12H,1,4-5,10-11,13H2;2-7,17H,1H3,(H,18,19);/q;;+1/p-1. The summed E-state index contributed by atoms with van der Waals surface area (Å²) >= 11 is 12.2. The van der Waals surface area contributed by atoms with Gasteiger partial charge in [0.2, 0.25) is 12.7 Å². The number of amides is 1. The minimum absolute atomic E-state index is 0. The van der Waals surface area contributed by atoms with Crippen LogP contribution < -0.4 is 49.5 Å². The van der Waals surface area contributed by atoms with E-state index in [2.05, 4.69) is 5.32 Å². The summed E-state index contributed by atoms with van der Waals surface area (Å²) in [6, 6.07) is 15.7. The van der Waals surface area contributed by atoms with Crippen molar-refractivity contribution in [3.63, 3.8) is 0 Å². The fraction of sp³-hybridized carbons (Fsp3) is 0.226. The van der Waals surface area contributed by atoms with Crippen molar-refractivity contribution in [3.05, 3.63) is 99.6 Å². The van der Waals surface area contributed by atoms with Crippen LogP contribution in [-0.2, 0) is 4.79 Å². The predicted molar refractivity (Wildman–Crippen MR) is 156 cm³/mol. The van der Waals surface area contributed by atoms with E-state index in [0.29, 0.717) is 21.4 Å². The number of aromatic carboxylic acids is 1. The molecule has 5 rings (SSSR count). The summed E-state index contributed by atoms with van der Waals surface area (Å²) < 4.78 is 10.6. The number of likely N-dealkylation sites (tertiary alicyclic amines) is 1. The third kappa shape index (κ3) is 9.02. The van der Waals surface area contributed by atoms with Crippen molar-refractivity contribution in [2.45, 2.75) is 26.2 Å². The number of nitrogens with zero attached hydrogens (tertiary/aromatic N) is 1. The first-order chi connectivity index (χ1) is 19.3. The van der Waals surface area contributed by atoms with Gasteiger partial charge in [-0.05, 0) is 61.6 Å². The minimum atomic E-state index is -1.26. The molecule has 41 heavy (non-hydrogen) atoms. The molecule has 0 aliphatic carbocycles. The molecule has 1 fully saturated rings. The number of benzene rings is 3. The van der Waals surface area contributed by atoms with Crippen molar-refractivity contribution in [1.29, 1.82) is 0 Å². The molecule has 0 atom stereocenters. The van der Waals surface area contributed by atoms with Crippen molar-refractivity contribution < 1.29 is 53.7 Å². The molecule has 3 aromatic carbocycles. The Morgan fingerprint density at radius 2 is 1.68 bits per heavy atom. The summed E-state index contributed by atoms with van der Waals surface area (Å²) in [5, 5.41) is 14.9. The summed E-state index contributed by atoms with van der Waals surface area (Å²) in [7, 11) is 0. The van der Waals surface area contributed by atoms with Crippen molar-refractivity contribution in [3.8, 4) is 11.5 Å². The quantitative estimate of drug-likeness (QED) is 0.264. The van der Waals surface area contributed by atoms with Gasteiger partial charge >= 0.3 is 29.6 Å². The van der Waals surface area contributed by atoms with Gasteiger partial charge < -0.3 is 29.6 Å². The van der Waals surface area contributed by atoms with Gasteiger partial charge in [0.15, 0.2) is 11.5 Å². The third-order valence-corrected chi connectivity index (χ3v) is 7.20. The molecule has 0 unspecified atom stereocenters. The van der Waals surface area contributed by atoms with E-state index in [9.17, 15) is 14.7 Å². The first kappa shape index (κ1) is 32.6. The molecule has 0 spiro atoms.